The highest BCUT2D eigenvalue weighted by molar-refractivity contribution is 5.92. The van der Waals surface area contributed by atoms with Crippen LogP contribution in [0.25, 0.3) is 0 Å². The van der Waals surface area contributed by atoms with Crippen molar-refractivity contribution in [3.05, 3.63) is 48.0 Å². The summed E-state index contributed by atoms with van der Waals surface area (Å²) in [4.78, 5) is 6.87. The van der Waals surface area contributed by atoms with E-state index in [1.54, 1.807) is 14.2 Å². The first-order valence-electron chi connectivity index (χ1n) is 9.19. The first kappa shape index (κ1) is 18.9. The Morgan fingerprint density at radius 3 is 2.44 bits per heavy atom. The zero-order chi connectivity index (χ0) is 19.2. The summed E-state index contributed by atoms with van der Waals surface area (Å²) in [7, 11) is 3.34. The number of nitrogens with zero attached hydrogens (tertiary/aromatic N) is 2. The molecule has 1 atom stereocenters. The third-order valence-electron chi connectivity index (χ3n) is 4.83. The van der Waals surface area contributed by atoms with Crippen LogP contribution in [0.5, 0.6) is 11.5 Å². The van der Waals surface area contributed by atoms with Crippen LogP contribution >= 0.6 is 0 Å². The topological polar surface area (TPSA) is 72.1 Å². The van der Waals surface area contributed by atoms with Crippen LogP contribution in [-0.4, -0.2) is 39.8 Å². The Labute approximate surface area is 161 Å². The molecule has 2 aromatic carbocycles. The second-order valence-electron chi connectivity index (χ2n) is 6.89. The molecule has 6 heteroatoms. The quantitative estimate of drug-likeness (QED) is 0.605. The molecule has 0 saturated carbocycles. The van der Waals surface area contributed by atoms with Gasteiger partial charge in [-0.05, 0) is 31.4 Å². The highest BCUT2D eigenvalue weighted by Gasteiger charge is 2.23. The average Bonchev–Trinajstić information content (AvgIpc) is 3.17. The maximum Gasteiger partial charge on any atom is 0.193 e. The van der Waals surface area contributed by atoms with Gasteiger partial charge in [0.25, 0.3) is 0 Å². The first-order chi connectivity index (χ1) is 13.1. The third-order valence-corrected chi connectivity index (χ3v) is 4.83. The summed E-state index contributed by atoms with van der Waals surface area (Å²) < 4.78 is 10.7. The molecule has 0 aliphatic carbocycles. The van der Waals surface area contributed by atoms with Gasteiger partial charge in [-0.3, -0.25) is 4.99 Å². The zero-order valence-electron chi connectivity index (χ0n) is 16.2. The van der Waals surface area contributed by atoms with E-state index in [9.17, 15) is 0 Å². The predicted octanol–water partition coefficient (Wildman–Crippen LogP) is 3.27. The van der Waals surface area contributed by atoms with Crippen LogP contribution < -0.4 is 25.4 Å². The molecule has 1 saturated heterocycles. The van der Waals surface area contributed by atoms with Crippen molar-refractivity contribution in [1.29, 1.82) is 0 Å². The van der Waals surface area contributed by atoms with Gasteiger partial charge in [0.1, 0.15) is 11.5 Å². The van der Waals surface area contributed by atoms with E-state index in [4.69, 9.17) is 15.2 Å². The normalized spacial score (nSPS) is 17.1. The van der Waals surface area contributed by atoms with Crippen LogP contribution in [0.2, 0.25) is 0 Å². The van der Waals surface area contributed by atoms with Gasteiger partial charge in [-0.2, -0.15) is 0 Å². The molecule has 144 valence electrons. The van der Waals surface area contributed by atoms with Crippen LogP contribution in [0.4, 0.5) is 11.4 Å². The van der Waals surface area contributed by atoms with Crippen molar-refractivity contribution in [2.24, 2.45) is 16.6 Å². The number of hydrogen-bond donors (Lipinski definition) is 2. The minimum atomic E-state index is 0.459. The van der Waals surface area contributed by atoms with Crippen molar-refractivity contribution in [3.8, 4) is 11.5 Å². The number of nitrogens with two attached hydrogens (primary N) is 1. The summed E-state index contributed by atoms with van der Waals surface area (Å²) >= 11 is 0. The summed E-state index contributed by atoms with van der Waals surface area (Å²) in [5, 5.41) is 3.15. The largest absolute Gasteiger partial charge is 0.497 e. The van der Waals surface area contributed by atoms with Gasteiger partial charge >= 0.3 is 0 Å². The summed E-state index contributed by atoms with van der Waals surface area (Å²) in [5.41, 5.74) is 9.33. The summed E-state index contributed by atoms with van der Waals surface area (Å²) in [6.45, 7) is 4.70. The molecule has 0 aromatic heterocycles. The second kappa shape index (κ2) is 8.66. The Hall–Kier alpha value is -2.89. The summed E-state index contributed by atoms with van der Waals surface area (Å²) in [6, 6.07) is 14.1. The molecule has 1 aliphatic heterocycles. The van der Waals surface area contributed by atoms with Crippen molar-refractivity contribution < 1.29 is 9.47 Å². The van der Waals surface area contributed by atoms with Gasteiger partial charge in [0.2, 0.25) is 0 Å². The highest BCUT2D eigenvalue weighted by Crippen LogP contribution is 2.31. The molecule has 0 bridgehead atoms. The van der Waals surface area contributed by atoms with Gasteiger partial charge < -0.3 is 25.4 Å². The number of anilines is 2. The Balaban J connectivity index is 1.57. The lowest BCUT2D eigenvalue weighted by molar-refractivity contribution is 0.394. The van der Waals surface area contributed by atoms with Crippen molar-refractivity contribution in [2.75, 3.05) is 44.1 Å². The van der Waals surface area contributed by atoms with Crippen LogP contribution in [0.15, 0.2) is 47.5 Å². The number of hydrogen-bond acceptors (Lipinski definition) is 4. The minimum Gasteiger partial charge on any atom is -0.497 e. The Bertz CT molecular complexity index is 767. The monoisotopic (exact) mass is 368 g/mol. The Morgan fingerprint density at radius 2 is 1.81 bits per heavy atom. The first-order valence-corrected chi connectivity index (χ1v) is 9.19. The lowest BCUT2D eigenvalue weighted by atomic mass is 10.1. The summed E-state index contributed by atoms with van der Waals surface area (Å²) in [5.74, 6) is 2.54. The maximum absolute atomic E-state index is 6.04. The lowest BCUT2D eigenvalue weighted by Gasteiger charge is -2.20. The van der Waals surface area contributed by atoms with E-state index in [-0.39, 0.29) is 0 Å². The van der Waals surface area contributed by atoms with Gasteiger partial charge in [-0.25, -0.2) is 0 Å². The highest BCUT2D eigenvalue weighted by atomic mass is 16.5. The maximum atomic E-state index is 6.04. The molecular weight excluding hydrogens is 340 g/mol. The standard InChI is InChI=1S/C21H28N4O2/c1-15-4-6-17(7-5-15)24-21(22)23-13-16-8-9-25(14-16)18-10-19(26-2)12-20(11-18)27-3/h4-7,10-12,16H,8-9,13-14H2,1-3H3,(H3,22,23,24). The van der Waals surface area contributed by atoms with E-state index in [1.165, 1.54) is 5.56 Å². The lowest BCUT2D eigenvalue weighted by Crippen LogP contribution is -2.25. The number of methoxy groups -OCH3 is 2. The van der Waals surface area contributed by atoms with Gasteiger partial charge in [0, 0.05) is 49.2 Å². The van der Waals surface area contributed by atoms with E-state index in [1.807, 2.05) is 42.5 Å². The van der Waals surface area contributed by atoms with E-state index in [0.717, 1.165) is 42.4 Å². The van der Waals surface area contributed by atoms with Crippen LogP contribution in [0.3, 0.4) is 0 Å². The van der Waals surface area contributed by atoms with Crippen LogP contribution in [-0.2, 0) is 0 Å². The molecule has 27 heavy (non-hydrogen) atoms. The molecule has 0 spiro atoms. The van der Waals surface area contributed by atoms with Gasteiger partial charge in [0.05, 0.1) is 14.2 Å². The molecule has 1 unspecified atom stereocenters. The molecule has 3 rings (SSSR count). The van der Waals surface area contributed by atoms with Gasteiger partial charge in [-0.15, -0.1) is 0 Å². The predicted molar refractivity (Wildman–Crippen MR) is 111 cm³/mol. The number of aryl methyl sites for hydroxylation is 1. The van der Waals surface area contributed by atoms with Gasteiger partial charge in [0.15, 0.2) is 5.96 Å². The zero-order valence-corrected chi connectivity index (χ0v) is 16.2. The average molecular weight is 368 g/mol. The molecular formula is C21H28N4O2. The van der Waals surface area contributed by atoms with E-state index >= 15 is 0 Å². The SMILES string of the molecule is COc1cc(OC)cc(N2CCC(CN=C(N)Nc3ccc(C)cc3)C2)c1. The fourth-order valence-electron chi connectivity index (χ4n) is 3.24. The fourth-order valence-corrected chi connectivity index (χ4v) is 3.24. The number of benzene rings is 2. The van der Waals surface area contributed by atoms with Crippen molar-refractivity contribution in [2.45, 2.75) is 13.3 Å². The molecule has 1 fully saturated rings. The Kier molecular flexibility index (Phi) is 6.06. The molecule has 1 aliphatic rings. The van der Waals surface area contributed by atoms with Crippen molar-refractivity contribution in [1.82, 2.24) is 0 Å². The van der Waals surface area contributed by atoms with Gasteiger partial charge in [-0.1, -0.05) is 17.7 Å². The Morgan fingerprint density at radius 1 is 1.15 bits per heavy atom. The van der Waals surface area contributed by atoms with Crippen molar-refractivity contribution >= 4 is 17.3 Å². The number of aliphatic imine (C=N–C) groups is 1. The molecule has 6 nitrogen and oxygen atoms in total. The minimum absolute atomic E-state index is 0.459. The number of guanidine groups is 1. The van der Waals surface area contributed by atoms with E-state index < -0.39 is 0 Å². The third kappa shape index (κ3) is 5.06. The van der Waals surface area contributed by atoms with Crippen LogP contribution in [0, 0.1) is 12.8 Å². The molecule has 1 heterocycles. The molecule has 3 N–H and O–H groups in total. The van der Waals surface area contributed by atoms with E-state index in [0.29, 0.717) is 18.4 Å². The molecule has 2 aromatic rings. The summed E-state index contributed by atoms with van der Waals surface area (Å²) in [6.07, 6.45) is 1.08. The number of nitrogens with one attached hydrogen (secondary N) is 1. The van der Waals surface area contributed by atoms with Crippen molar-refractivity contribution in [3.63, 3.8) is 0 Å². The number of ether oxygens (including phenoxy) is 2. The second-order valence-corrected chi connectivity index (χ2v) is 6.89. The smallest absolute Gasteiger partial charge is 0.193 e. The molecule has 0 amide bonds. The number of rotatable bonds is 6. The van der Waals surface area contributed by atoms with Crippen LogP contribution in [0.1, 0.15) is 12.0 Å². The molecule has 0 radical (unpaired) electrons. The fraction of sp³-hybridized carbons (Fsp3) is 0.381. The van der Waals surface area contributed by atoms with E-state index in [2.05, 4.69) is 22.1 Å².